The van der Waals surface area contributed by atoms with Crippen LogP contribution in [0, 0.1) is 24.5 Å². The molecule has 0 atom stereocenters. The van der Waals surface area contributed by atoms with Crippen LogP contribution < -0.4 is 0 Å². The smallest absolute Gasteiger partial charge is 0.183 e. The summed E-state index contributed by atoms with van der Waals surface area (Å²) < 4.78 is 39.3. The molecule has 2 aromatic rings. The summed E-state index contributed by atoms with van der Waals surface area (Å²) in [5.74, 6) is -0.593. The first-order valence-corrected chi connectivity index (χ1v) is 9.37. The third kappa shape index (κ3) is 4.49. The van der Waals surface area contributed by atoms with Crippen LogP contribution in [0.4, 0.5) is 8.78 Å². The summed E-state index contributed by atoms with van der Waals surface area (Å²) in [6.45, 7) is 5.06. The van der Waals surface area contributed by atoms with E-state index < -0.39 is 11.6 Å². The molecule has 1 fully saturated rings. The van der Waals surface area contributed by atoms with Crippen LogP contribution in [0.2, 0.25) is 0 Å². The van der Waals surface area contributed by atoms with Gasteiger partial charge in [-0.3, -0.25) is 0 Å². The van der Waals surface area contributed by atoms with E-state index >= 15 is 0 Å². The van der Waals surface area contributed by atoms with E-state index in [1.165, 1.54) is 38.3 Å². The van der Waals surface area contributed by atoms with Gasteiger partial charge in [0.05, 0.1) is 13.2 Å². The standard InChI is InChI=1S/C22H26F2O2/c1-3-4-5-6-16-13-25-22(26-14-16)18-9-7-17(8-10-18)19-11-20(23)15(2)21(24)12-19/h7-12,16,22H,3-6,13-14H2,1-2H3. The fraction of sp³-hybridized carbons (Fsp3) is 0.455. The van der Waals surface area contributed by atoms with Crippen molar-refractivity contribution >= 4 is 0 Å². The van der Waals surface area contributed by atoms with Crippen molar-refractivity contribution in [3.63, 3.8) is 0 Å². The molecular formula is C22H26F2O2. The molecule has 0 radical (unpaired) electrons. The fourth-order valence-electron chi connectivity index (χ4n) is 3.23. The largest absolute Gasteiger partial charge is 0.348 e. The van der Waals surface area contributed by atoms with Crippen LogP contribution in [-0.4, -0.2) is 13.2 Å². The second-order valence-electron chi connectivity index (χ2n) is 7.05. The second-order valence-corrected chi connectivity index (χ2v) is 7.05. The monoisotopic (exact) mass is 360 g/mol. The summed E-state index contributed by atoms with van der Waals surface area (Å²) in [5, 5.41) is 0. The van der Waals surface area contributed by atoms with Crippen LogP contribution in [0.1, 0.15) is 50.0 Å². The fourth-order valence-corrected chi connectivity index (χ4v) is 3.23. The number of hydrogen-bond donors (Lipinski definition) is 0. The zero-order valence-electron chi connectivity index (χ0n) is 15.4. The van der Waals surface area contributed by atoms with E-state index in [2.05, 4.69) is 6.92 Å². The Hall–Kier alpha value is -1.78. The molecule has 140 valence electrons. The van der Waals surface area contributed by atoms with Crippen LogP contribution >= 0.6 is 0 Å². The van der Waals surface area contributed by atoms with Gasteiger partial charge >= 0.3 is 0 Å². The van der Waals surface area contributed by atoms with Crippen LogP contribution in [0.15, 0.2) is 36.4 Å². The zero-order chi connectivity index (χ0) is 18.5. The topological polar surface area (TPSA) is 18.5 Å². The molecule has 3 rings (SSSR count). The SMILES string of the molecule is CCCCCC1COC(c2ccc(-c3cc(F)c(C)c(F)c3)cc2)OC1. The maximum absolute atomic E-state index is 13.8. The molecule has 2 nitrogen and oxygen atoms in total. The Bertz CT molecular complexity index is 696. The first-order chi connectivity index (χ1) is 12.6. The first kappa shape index (κ1) is 19.0. The molecule has 0 saturated carbocycles. The Morgan fingerprint density at radius 1 is 0.923 bits per heavy atom. The predicted molar refractivity (Wildman–Crippen MR) is 98.8 cm³/mol. The zero-order valence-corrected chi connectivity index (χ0v) is 15.4. The van der Waals surface area contributed by atoms with Gasteiger partial charge in [0.15, 0.2) is 6.29 Å². The Balaban J connectivity index is 1.62. The highest BCUT2D eigenvalue weighted by molar-refractivity contribution is 5.64. The molecule has 1 aliphatic rings. The molecule has 0 amide bonds. The van der Waals surface area contributed by atoms with Gasteiger partial charge in [-0.25, -0.2) is 8.78 Å². The van der Waals surface area contributed by atoms with Gasteiger partial charge in [0.2, 0.25) is 0 Å². The lowest BCUT2D eigenvalue weighted by molar-refractivity contribution is -0.206. The lowest BCUT2D eigenvalue weighted by Crippen LogP contribution is -2.27. The van der Waals surface area contributed by atoms with Gasteiger partial charge in [0.1, 0.15) is 11.6 Å². The minimum Gasteiger partial charge on any atom is -0.348 e. The van der Waals surface area contributed by atoms with Crippen molar-refractivity contribution in [1.82, 2.24) is 0 Å². The highest BCUT2D eigenvalue weighted by Gasteiger charge is 2.23. The van der Waals surface area contributed by atoms with Crippen molar-refractivity contribution in [1.29, 1.82) is 0 Å². The third-order valence-corrected chi connectivity index (χ3v) is 4.98. The van der Waals surface area contributed by atoms with E-state index in [4.69, 9.17) is 9.47 Å². The maximum Gasteiger partial charge on any atom is 0.183 e. The van der Waals surface area contributed by atoms with Crippen molar-refractivity contribution in [3.8, 4) is 11.1 Å². The molecule has 0 N–H and O–H groups in total. The molecule has 1 heterocycles. The van der Waals surface area contributed by atoms with Gasteiger partial charge in [-0.05, 0) is 36.6 Å². The molecule has 0 bridgehead atoms. The highest BCUT2D eigenvalue weighted by atomic mass is 19.1. The van der Waals surface area contributed by atoms with E-state index in [0.717, 1.165) is 17.5 Å². The number of halogens is 2. The van der Waals surface area contributed by atoms with Crippen molar-refractivity contribution in [2.75, 3.05) is 13.2 Å². The van der Waals surface area contributed by atoms with Gasteiger partial charge < -0.3 is 9.47 Å². The number of benzene rings is 2. The van der Waals surface area contributed by atoms with Gasteiger partial charge in [-0.2, -0.15) is 0 Å². The second kappa shape index (κ2) is 8.74. The van der Waals surface area contributed by atoms with E-state index in [9.17, 15) is 8.78 Å². The molecule has 26 heavy (non-hydrogen) atoms. The minimum absolute atomic E-state index is 0.0443. The Morgan fingerprint density at radius 2 is 1.54 bits per heavy atom. The van der Waals surface area contributed by atoms with E-state index in [1.54, 1.807) is 0 Å². The van der Waals surface area contributed by atoms with Gasteiger partial charge in [0.25, 0.3) is 0 Å². The molecule has 4 heteroatoms. The van der Waals surface area contributed by atoms with Crippen molar-refractivity contribution in [2.24, 2.45) is 5.92 Å². The van der Waals surface area contributed by atoms with E-state index in [-0.39, 0.29) is 11.9 Å². The Labute approximate surface area is 154 Å². The van der Waals surface area contributed by atoms with Gasteiger partial charge in [0, 0.05) is 17.0 Å². The summed E-state index contributed by atoms with van der Waals surface area (Å²) in [4.78, 5) is 0. The van der Waals surface area contributed by atoms with Crippen molar-refractivity contribution in [2.45, 2.75) is 45.8 Å². The number of hydrogen-bond acceptors (Lipinski definition) is 2. The molecule has 0 spiro atoms. The Kier molecular flexibility index (Phi) is 6.38. The molecule has 1 saturated heterocycles. The number of ether oxygens (including phenoxy) is 2. The average molecular weight is 360 g/mol. The molecule has 1 aliphatic heterocycles. The lowest BCUT2D eigenvalue weighted by atomic mass is 10.0. The number of unbranched alkanes of at least 4 members (excludes halogenated alkanes) is 2. The summed E-state index contributed by atoms with van der Waals surface area (Å²) in [6.07, 6.45) is 4.47. The summed E-state index contributed by atoms with van der Waals surface area (Å²) in [7, 11) is 0. The summed E-state index contributed by atoms with van der Waals surface area (Å²) >= 11 is 0. The van der Waals surface area contributed by atoms with Crippen molar-refractivity contribution < 1.29 is 18.3 Å². The van der Waals surface area contributed by atoms with E-state index in [0.29, 0.717) is 24.7 Å². The lowest BCUT2D eigenvalue weighted by Gasteiger charge is -2.29. The predicted octanol–water partition coefficient (Wildman–Crippen LogP) is 6.18. The molecule has 0 aromatic heterocycles. The van der Waals surface area contributed by atoms with Crippen LogP contribution in [-0.2, 0) is 9.47 Å². The quantitative estimate of drug-likeness (QED) is 0.573. The van der Waals surface area contributed by atoms with Gasteiger partial charge in [-0.1, -0.05) is 50.5 Å². The van der Waals surface area contributed by atoms with E-state index in [1.807, 2.05) is 24.3 Å². The Morgan fingerprint density at radius 3 is 2.12 bits per heavy atom. The highest BCUT2D eigenvalue weighted by Crippen LogP contribution is 2.30. The number of rotatable bonds is 6. The molecular weight excluding hydrogens is 334 g/mol. The normalized spacial score (nSPS) is 20.3. The maximum atomic E-state index is 13.8. The summed E-state index contributed by atoms with van der Waals surface area (Å²) in [6, 6.07) is 10.2. The van der Waals surface area contributed by atoms with Gasteiger partial charge in [-0.15, -0.1) is 0 Å². The minimum atomic E-state index is -0.530. The third-order valence-electron chi connectivity index (χ3n) is 4.98. The molecule has 2 aromatic carbocycles. The van der Waals surface area contributed by atoms with Crippen LogP contribution in [0.3, 0.4) is 0 Å². The summed E-state index contributed by atoms with van der Waals surface area (Å²) in [5.41, 5.74) is 2.26. The van der Waals surface area contributed by atoms with Crippen LogP contribution in [0.25, 0.3) is 11.1 Å². The van der Waals surface area contributed by atoms with Crippen molar-refractivity contribution in [3.05, 3.63) is 59.2 Å². The molecule has 0 unspecified atom stereocenters. The van der Waals surface area contributed by atoms with Crippen LogP contribution in [0.5, 0.6) is 0 Å². The average Bonchev–Trinajstić information content (AvgIpc) is 2.67. The first-order valence-electron chi connectivity index (χ1n) is 9.37. The molecule has 0 aliphatic carbocycles.